The number of benzene rings is 1. The molecule has 0 bridgehead atoms. The van der Waals surface area contributed by atoms with Crippen molar-refractivity contribution in [2.24, 2.45) is 0 Å². The summed E-state index contributed by atoms with van der Waals surface area (Å²) in [5, 5.41) is 10.2. The average Bonchev–Trinajstić information content (AvgIpc) is 2.46. The highest BCUT2D eigenvalue weighted by atomic mass is 16.7. The monoisotopic (exact) mass is 262 g/mol. The first-order valence-corrected chi connectivity index (χ1v) is 6.86. The summed E-state index contributed by atoms with van der Waals surface area (Å²) < 4.78 is 12.1. The lowest BCUT2D eigenvalue weighted by Crippen LogP contribution is -2.41. The van der Waals surface area contributed by atoms with Gasteiger partial charge >= 0.3 is 7.12 Å². The fraction of sp³-hybridized carbons (Fsp3) is 0.600. The molecule has 0 radical (unpaired) electrons. The molecule has 104 valence electrons. The van der Waals surface area contributed by atoms with Crippen molar-refractivity contribution in [3.8, 4) is 5.75 Å². The molecule has 3 nitrogen and oxygen atoms in total. The van der Waals surface area contributed by atoms with Crippen LogP contribution in [0.2, 0.25) is 0 Å². The zero-order chi connectivity index (χ0) is 14.4. The number of hydrogen-bond donors (Lipinski definition) is 1. The minimum Gasteiger partial charge on any atom is -0.508 e. The zero-order valence-corrected chi connectivity index (χ0v) is 12.7. The summed E-state index contributed by atoms with van der Waals surface area (Å²) in [5.74, 6) is 0.260. The van der Waals surface area contributed by atoms with Crippen molar-refractivity contribution in [3.05, 3.63) is 23.3 Å². The third-order valence-electron chi connectivity index (χ3n) is 4.26. The highest BCUT2D eigenvalue weighted by molar-refractivity contribution is 6.63. The molecule has 0 saturated carbocycles. The predicted octanol–water partition coefficient (Wildman–Crippen LogP) is 2.56. The van der Waals surface area contributed by atoms with Gasteiger partial charge in [-0.15, -0.1) is 0 Å². The quantitative estimate of drug-likeness (QED) is 0.832. The Morgan fingerprint density at radius 3 is 2.11 bits per heavy atom. The topological polar surface area (TPSA) is 38.7 Å². The van der Waals surface area contributed by atoms with Gasteiger partial charge in [0.1, 0.15) is 5.75 Å². The van der Waals surface area contributed by atoms with Gasteiger partial charge < -0.3 is 14.4 Å². The third kappa shape index (κ3) is 2.39. The molecule has 4 heteroatoms. The van der Waals surface area contributed by atoms with Gasteiger partial charge in [0, 0.05) is 5.46 Å². The minimum absolute atomic E-state index is 0.260. The largest absolute Gasteiger partial charge is 0.508 e. The molecule has 1 N–H and O–H groups in total. The van der Waals surface area contributed by atoms with Gasteiger partial charge in [-0.2, -0.15) is 0 Å². The van der Waals surface area contributed by atoms with Gasteiger partial charge in [0.25, 0.3) is 0 Å². The van der Waals surface area contributed by atoms with Crippen LogP contribution in [0.1, 0.15) is 45.7 Å². The summed E-state index contributed by atoms with van der Waals surface area (Å²) in [6.45, 7) is 12.1. The summed E-state index contributed by atoms with van der Waals surface area (Å²) in [7, 11) is -0.499. The van der Waals surface area contributed by atoms with Crippen molar-refractivity contribution in [2.75, 3.05) is 0 Å². The van der Waals surface area contributed by atoms with E-state index in [1.165, 1.54) is 0 Å². The lowest BCUT2D eigenvalue weighted by molar-refractivity contribution is 0.00578. The zero-order valence-electron chi connectivity index (χ0n) is 12.7. The van der Waals surface area contributed by atoms with Crippen LogP contribution < -0.4 is 5.46 Å². The Bertz CT molecular complexity index is 478. The van der Waals surface area contributed by atoms with E-state index in [9.17, 15) is 5.11 Å². The van der Waals surface area contributed by atoms with E-state index in [1.807, 2.05) is 34.6 Å². The Kier molecular flexibility index (Phi) is 3.44. The highest BCUT2D eigenvalue weighted by Crippen LogP contribution is 2.37. The van der Waals surface area contributed by atoms with Gasteiger partial charge in [-0.25, -0.2) is 0 Å². The number of aromatic hydroxyl groups is 1. The van der Waals surface area contributed by atoms with E-state index < -0.39 is 7.12 Å². The third-order valence-corrected chi connectivity index (χ3v) is 4.26. The molecule has 1 heterocycles. The van der Waals surface area contributed by atoms with E-state index in [1.54, 1.807) is 6.07 Å². The predicted molar refractivity (Wildman–Crippen MR) is 77.9 cm³/mol. The summed E-state index contributed by atoms with van der Waals surface area (Å²) in [6, 6.07) is 3.85. The van der Waals surface area contributed by atoms with Gasteiger partial charge in [-0.1, -0.05) is 13.0 Å². The molecule has 0 atom stereocenters. The summed E-state index contributed by atoms with van der Waals surface area (Å²) in [6.07, 6.45) is 0.842. The minimum atomic E-state index is -0.499. The Hall–Kier alpha value is -0.995. The number of phenols is 1. The lowest BCUT2D eigenvalue weighted by atomic mass is 9.74. The van der Waals surface area contributed by atoms with Crippen LogP contribution in [0, 0.1) is 6.92 Å². The van der Waals surface area contributed by atoms with Crippen LogP contribution in [0.25, 0.3) is 0 Å². The first kappa shape index (κ1) is 14.4. The smallest absolute Gasteiger partial charge is 0.498 e. The first-order valence-electron chi connectivity index (χ1n) is 6.86. The molecule has 0 spiro atoms. The molecule has 0 aromatic heterocycles. The summed E-state index contributed by atoms with van der Waals surface area (Å²) in [4.78, 5) is 0. The molecule has 1 fully saturated rings. The van der Waals surface area contributed by atoms with Crippen LogP contribution in [-0.4, -0.2) is 23.4 Å². The van der Waals surface area contributed by atoms with Gasteiger partial charge in [-0.05, 0) is 58.2 Å². The Morgan fingerprint density at radius 2 is 1.63 bits per heavy atom. The van der Waals surface area contributed by atoms with Crippen LogP contribution >= 0.6 is 0 Å². The van der Waals surface area contributed by atoms with E-state index in [0.717, 1.165) is 23.0 Å². The second-order valence-corrected chi connectivity index (χ2v) is 6.30. The number of aryl methyl sites for hydroxylation is 2. The normalized spacial score (nSPS) is 20.8. The molecular formula is C15H23BO3. The second-order valence-electron chi connectivity index (χ2n) is 6.30. The standard InChI is InChI=1S/C15H23BO3/c1-7-11-8-10(2)9-12(17)13(11)16-18-14(3,4)15(5,6)19-16/h8-9,17H,7H2,1-6H3. The molecule has 0 unspecified atom stereocenters. The van der Waals surface area contributed by atoms with Crippen molar-refractivity contribution in [1.29, 1.82) is 0 Å². The number of rotatable bonds is 2. The van der Waals surface area contributed by atoms with Crippen LogP contribution in [0.5, 0.6) is 5.75 Å². The molecule has 19 heavy (non-hydrogen) atoms. The molecule has 0 amide bonds. The van der Waals surface area contributed by atoms with E-state index in [-0.39, 0.29) is 17.0 Å². The molecule has 1 saturated heterocycles. The number of hydrogen-bond acceptors (Lipinski definition) is 3. The van der Waals surface area contributed by atoms with Gasteiger partial charge in [0.15, 0.2) is 0 Å². The molecule has 0 aliphatic carbocycles. The van der Waals surface area contributed by atoms with Gasteiger partial charge in [0.2, 0.25) is 0 Å². The van der Waals surface area contributed by atoms with E-state index in [4.69, 9.17) is 9.31 Å². The molecule has 1 aliphatic heterocycles. The van der Waals surface area contributed by atoms with Crippen molar-refractivity contribution < 1.29 is 14.4 Å². The maximum atomic E-state index is 10.2. The van der Waals surface area contributed by atoms with Crippen LogP contribution in [0.3, 0.4) is 0 Å². The molecule has 2 rings (SSSR count). The fourth-order valence-electron chi connectivity index (χ4n) is 2.38. The van der Waals surface area contributed by atoms with Gasteiger partial charge in [-0.3, -0.25) is 0 Å². The molecular weight excluding hydrogens is 239 g/mol. The van der Waals surface area contributed by atoms with E-state index in [0.29, 0.717) is 0 Å². The fourth-order valence-corrected chi connectivity index (χ4v) is 2.38. The molecule has 1 aromatic carbocycles. The SMILES string of the molecule is CCc1cc(C)cc(O)c1B1OC(C)(C)C(C)(C)O1. The number of phenolic OH excluding ortho intramolecular Hbond substituents is 1. The molecule has 1 aliphatic rings. The van der Waals surface area contributed by atoms with Gasteiger partial charge in [0.05, 0.1) is 11.2 Å². The van der Waals surface area contributed by atoms with Crippen molar-refractivity contribution in [1.82, 2.24) is 0 Å². The Balaban J connectivity index is 2.45. The average molecular weight is 262 g/mol. The van der Waals surface area contributed by atoms with Crippen molar-refractivity contribution in [3.63, 3.8) is 0 Å². The molecule has 1 aromatic rings. The lowest BCUT2D eigenvalue weighted by Gasteiger charge is -2.32. The highest BCUT2D eigenvalue weighted by Gasteiger charge is 2.52. The summed E-state index contributed by atoms with van der Waals surface area (Å²) in [5.41, 5.74) is 2.12. The maximum Gasteiger partial charge on any atom is 0.498 e. The maximum absolute atomic E-state index is 10.2. The van der Waals surface area contributed by atoms with Crippen molar-refractivity contribution in [2.45, 2.75) is 59.2 Å². The van der Waals surface area contributed by atoms with Crippen LogP contribution in [0.15, 0.2) is 12.1 Å². The van der Waals surface area contributed by atoms with E-state index >= 15 is 0 Å². The summed E-state index contributed by atoms with van der Waals surface area (Å²) >= 11 is 0. The van der Waals surface area contributed by atoms with E-state index in [2.05, 4.69) is 13.0 Å². The van der Waals surface area contributed by atoms with Crippen molar-refractivity contribution >= 4 is 12.6 Å². The van der Waals surface area contributed by atoms with Crippen LogP contribution in [0.4, 0.5) is 0 Å². The first-order chi connectivity index (χ1) is 8.68. The second kappa shape index (κ2) is 4.53. The Labute approximate surface area is 116 Å². The van der Waals surface area contributed by atoms with Crippen LogP contribution in [-0.2, 0) is 15.7 Å². The Morgan fingerprint density at radius 1 is 1.11 bits per heavy atom.